The van der Waals surface area contributed by atoms with E-state index < -0.39 is 0 Å². The van der Waals surface area contributed by atoms with Crippen LogP contribution in [0.4, 0.5) is 10.2 Å². The van der Waals surface area contributed by atoms with Crippen molar-refractivity contribution in [1.82, 2.24) is 25.1 Å². The van der Waals surface area contributed by atoms with Crippen LogP contribution in [0, 0.1) is 12.7 Å². The molecule has 0 bridgehead atoms. The quantitative estimate of drug-likeness (QED) is 0.767. The Bertz CT molecular complexity index is 982. The summed E-state index contributed by atoms with van der Waals surface area (Å²) in [5.74, 6) is 0.210. The molecule has 0 saturated carbocycles. The van der Waals surface area contributed by atoms with Crippen molar-refractivity contribution in [1.29, 1.82) is 0 Å². The second-order valence-corrected chi connectivity index (χ2v) is 6.91. The molecule has 0 radical (unpaired) electrons. The Balaban J connectivity index is 1.53. The van der Waals surface area contributed by atoms with Gasteiger partial charge in [-0.3, -0.25) is 9.48 Å². The van der Waals surface area contributed by atoms with Gasteiger partial charge in [-0.25, -0.2) is 14.4 Å². The molecule has 3 aromatic rings. The number of piperidine rings is 1. The van der Waals surface area contributed by atoms with Gasteiger partial charge in [0.1, 0.15) is 23.7 Å². The maximum atomic E-state index is 13.7. The van der Waals surface area contributed by atoms with Gasteiger partial charge in [-0.2, -0.15) is 5.10 Å². The van der Waals surface area contributed by atoms with Crippen molar-refractivity contribution < 1.29 is 9.18 Å². The van der Waals surface area contributed by atoms with Gasteiger partial charge in [0.05, 0.1) is 5.52 Å². The lowest BCUT2D eigenvalue weighted by atomic mass is 10.0. The predicted octanol–water partition coefficient (Wildman–Crippen LogP) is 2.21. The van der Waals surface area contributed by atoms with Crippen molar-refractivity contribution in [2.75, 3.05) is 18.0 Å². The van der Waals surface area contributed by atoms with Crippen LogP contribution in [-0.4, -0.2) is 44.8 Å². The highest BCUT2D eigenvalue weighted by molar-refractivity contribution is 5.93. The van der Waals surface area contributed by atoms with E-state index >= 15 is 0 Å². The molecular weight excluding hydrogens is 347 g/mol. The number of fused-ring (bicyclic) bond motifs is 1. The standard InChI is InChI=1S/C19H21FN6O/c1-12-8-17(24-25(12)2)19(27)23-14-4-3-7-26(10-14)18-15-9-13(20)5-6-16(15)21-11-22-18/h5-6,8-9,11,14H,3-4,7,10H2,1-2H3,(H,23,27). The van der Waals surface area contributed by atoms with E-state index in [2.05, 4.69) is 25.3 Å². The van der Waals surface area contributed by atoms with Crippen molar-refractivity contribution in [3.05, 3.63) is 47.8 Å². The Morgan fingerprint density at radius 3 is 2.93 bits per heavy atom. The molecule has 2 aromatic heterocycles. The van der Waals surface area contributed by atoms with E-state index in [0.717, 1.165) is 25.1 Å². The molecule has 0 spiro atoms. The van der Waals surface area contributed by atoms with Crippen LogP contribution in [0.25, 0.3) is 10.9 Å². The normalized spacial score (nSPS) is 17.3. The SMILES string of the molecule is Cc1cc(C(=O)NC2CCCN(c3ncnc4ccc(F)cc34)C2)nn1C. The molecule has 1 aliphatic rings. The number of aromatic nitrogens is 4. The van der Waals surface area contributed by atoms with Crippen LogP contribution < -0.4 is 10.2 Å². The van der Waals surface area contributed by atoms with Crippen LogP contribution in [0.15, 0.2) is 30.6 Å². The van der Waals surface area contributed by atoms with Crippen LogP contribution in [0.3, 0.4) is 0 Å². The Morgan fingerprint density at radius 1 is 1.30 bits per heavy atom. The van der Waals surface area contributed by atoms with Crippen molar-refractivity contribution in [2.45, 2.75) is 25.8 Å². The third-order valence-electron chi connectivity index (χ3n) is 4.98. The molecule has 1 unspecified atom stereocenters. The summed E-state index contributed by atoms with van der Waals surface area (Å²) in [6.07, 6.45) is 3.28. The van der Waals surface area contributed by atoms with Gasteiger partial charge in [0.25, 0.3) is 5.91 Å². The van der Waals surface area contributed by atoms with Gasteiger partial charge in [0.2, 0.25) is 0 Å². The predicted molar refractivity (Wildman–Crippen MR) is 100 cm³/mol. The van der Waals surface area contributed by atoms with Gasteiger partial charge in [-0.05, 0) is 44.0 Å². The van der Waals surface area contributed by atoms with Gasteiger partial charge in [-0.15, -0.1) is 0 Å². The van der Waals surface area contributed by atoms with Gasteiger partial charge >= 0.3 is 0 Å². The van der Waals surface area contributed by atoms with E-state index in [1.165, 1.54) is 18.5 Å². The number of anilines is 1. The second-order valence-electron chi connectivity index (χ2n) is 6.91. The molecule has 1 fully saturated rings. The number of nitrogens with zero attached hydrogens (tertiary/aromatic N) is 5. The fourth-order valence-corrected chi connectivity index (χ4v) is 3.49. The smallest absolute Gasteiger partial charge is 0.272 e. The summed E-state index contributed by atoms with van der Waals surface area (Å²) in [6, 6.07) is 6.27. The van der Waals surface area contributed by atoms with E-state index in [0.29, 0.717) is 29.0 Å². The van der Waals surface area contributed by atoms with Crippen LogP contribution in [0.2, 0.25) is 0 Å². The van der Waals surface area contributed by atoms with Crippen molar-refractivity contribution in [3.8, 4) is 0 Å². The minimum Gasteiger partial charge on any atom is -0.354 e. The number of amides is 1. The molecule has 1 amide bonds. The minimum atomic E-state index is -0.314. The number of rotatable bonds is 3. The molecule has 1 saturated heterocycles. The summed E-state index contributed by atoms with van der Waals surface area (Å²) < 4.78 is 15.4. The highest BCUT2D eigenvalue weighted by Crippen LogP contribution is 2.26. The zero-order chi connectivity index (χ0) is 19.0. The Labute approximate surface area is 156 Å². The number of hydrogen-bond donors (Lipinski definition) is 1. The fourth-order valence-electron chi connectivity index (χ4n) is 3.49. The summed E-state index contributed by atoms with van der Waals surface area (Å²) in [7, 11) is 1.81. The molecule has 140 valence electrons. The number of benzene rings is 1. The third kappa shape index (κ3) is 3.47. The Morgan fingerprint density at radius 2 is 2.15 bits per heavy atom. The van der Waals surface area contributed by atoms with Gasteiger partial charge in [0.15, 0.2) is 0 Å². The molecule has 4 rings (SSSR count). The number of carbonyl (C=O) groups excluding carboxylic acids is 1. The molecule has 1 N–H and O–H groups in total. The van der Waals surface area contributed by atoms with E-state index in [1.54, 1.807) is 16.8 Å². The topological polar surface area (TPSA) is 75.9 Å². The molecule has 27 heavy (non-hydrogen) atoms. The van der Waals surface area contributed by atoms with Gasteiger partial charge in [-0.1, -0.05) is 0 Å². The number of hydrogen-bond acceptors (Lipinski definition) is 5. The van der Waals surface area contributed by atoms with E-state index in [4.69, 9.17) is 0 Å². The van der Waals surface area contributed by atoms with E-state index in [-0.39, 0.29) is 17.8 Å². The average Bonchev–Trinajstić information content (AvgIpc) is 3.00. The summed E-state index contributed by atoms with van der Waals surface area (Å²) in [4.78, 5) is 23.2. The average molecular weight is 368 g/mol. The van der Waals surface area contributed by atoms with E-state index in [1.807, 2.05) is 14.0 Å². The van der Waals surface area contributed by atoms with Gasteiger partial charge in [0, 0.05) is 37.3 Å². The monoisotopic (exact) mass is 368 g/mol. The molecular formula is C19H21FN6O. The molecule has 8 heteroatoms. The van der Waals surface area contributed by atoms with Crippen LogP contribution >= 0.6 is 0 Å². The molecule has 1 aromatic carbocycles. The van der Waals surface area contributed by atoms with Crippen LogP contribution in [-0.2, 0) is 7.05 Å². The summed E-state index contributed by atoms with van der Waals surface area (Å²) in [5.41, 5.74) is 2.05. The Kier molecular flexibility index (Phi) is 4.47. The minimum absolute atomic E-state index is 0.0212. The third-order valence-corrected chi connectivity index (χ3v) is 4.98. The molecule has 1 aliphatic heterocycles. The van der Waals surface area contributed by atoms with E-state index in [9.17, 15) is 9.18 Å². The number of halogens is 1. The first kappa shape index (κ1) is 17.4. The first-order chi connectivity index (χ1) is 13.0. The van der Waals surface area contributed by atoms with Crippen LogP contribution in [0.5, 0.6) is 0 Å². The lowest BCUT2D eigenvalue weighted by Crippen LogP contribution is -2.48. The zero-order valence-electron chi connectivity index (χ0n) is 15.3. The molecule has 0 aliphatic carbocycles. The first-order valence-electron chi connectivity index (χ1n) is 8.98. The molecule has 3 heterocycles. The number of nitrogens with one attached hydrogen (secondary N) is 1. The Hall–Kier alpha value is -3.03. The maximum absolute atomic E-state index is 13.7. The lowest BCUT2D eigenvalue weighted by molar-refractivity contribution is 0.0927. The number of carbonyl (C=O) groups is 1. The number of aryl methyl sites for hydroxylation is 2. The second kappa shape index (κ2) is 6.94. The zero-order valence-corrected chi connectivity index (χ0v) is 15.3. The summed E-state index contributed by atoms with van der Waals surface area (Å²) >= 11 is 0. The highest BCUT2D eigenvalue weighted by Gasteiger charge is 2.25. The van der Waals surface area contributed by atoms with Gasteiger partial charge < -0.3 is 10.2 Å². The fraction of sp³-hybridized carbons (Fsp3) is 0.368. The highest BCUT2D eigenvalue weighted by atomic mass is 19.1. The maximum Gasteiger partial charge on any atom is 0.272 e. The lowest BCUT2D eigenvalue weighted by Gasteiger charge is -2.34. The van der Waals surface area contributed by atoms with Crippen molar-refractivity contribution in [3.63, 3.8) is 0 Å². The summed E-state index contributed by atoms with van der Waals surface area (Å²) in [5, 5.41) is 7.98. The summed E-state index contributed by atoms with van der Waals surface area (Å²) in [6.45, 7) is 3.32. The molecule has 7 nitrogen and oxygen atoms in total. The molecule has 1 atom stereocenters. The van der Waals surface area contributed by atoms with Crippen LogP contribution in [0.1, 0.15) is 29.0 Å². The van der Waals surface area contributed by atoms with Crippen molar-refractivity contribution in [2.24, 2.45) is 7.05 Å². The largest absolute Gasteiger partial charge is 0.354 e. The first-order valence-corrected chi connectivity index (χ1v) is 8.98. The van der Waals surface area contributed by atoms with Crippen molar-refractivity contribution >= 4 is 22.6 Å².